The van der Waals surface area contributed by atoms with E-state index in [2.05, 4.69) is 63.2 Å². The van der Waals surface area contributed by atoms with Crippen LogP contribution in [-0.4, -0.2) is 36.1 Å². The maximum Gasteiger partial charge on any atom is 0.135 e. The zero-order valence-electron chi connectivity index (χ0n) is 16.8. The number of nitriles is 1. The number of benzene rings is 2. The number of nitrogens with one attached hydrogen (secondary N) is 1. The molecule has 1 aliphatic rings. The third-order valence-corrected chi connectivity index (χ3v) is 5.44. The van der Waals surface area contributed by atoms with Gasteiger partial charge in [-0.2, -0.15) is 5.26 Å². The van der Waals surface area contributed by atoms with Crippen molar-refractivity contribution >= 4 is 23.0 Å². The van der Waals surface area contributed by atoms with Crippen LogP contribution in [0.2, 0.25) is 0 Å². The first kappa shape index (κ1) is 18.8. The highest BCUT2D eigenvalue weighted by Crippen LogP contribution is 2.25. The number of piperazine rings is 1. The molecule has 146 valence electrons. The van der Waals surface area contributed by atoms with Crippen molar-refractivity contribution in [2.45, 2.75) is 13.8 Å². The average Bonchev–Trinajstić information content (AvgIpc) is 2.76. The maximum absolute atomic E-state index is 9.06. The van der Waals surface area contributed by atoms with Crippen LogP contribution in [0.25, 0.3) is 0 Å². The summed E-state index contributed by atoms with van der Waals surface area (Å²) in [5, 5.41) is 12.3. The lowest BCUT2D eigenvalue weighted by molar-refractivity contribution is 0.645. The molecule has 0 radical (unpaired) electrons. The molecule has 6 nitrogen and oxygen atoms in total. The van der Waals surface area contributed by atoms with Crippen LogP contribution < -0.4 is 15.1 Å². The van der Waals surface area contributed by atoms with Gasteiger partial charge in [0.15, 0.2) is 0 Å². The summed E-state index contributed by atoms with van der Waals surface area (Å²) < 4.78 is 0. The smallest absolute Gasteiger partial charge is 0.135 e. The molecule has 2 aromatic carbocycles. The van der Waals surface area contributed by atoms with Crippen molar-refractivity contribution in [3.05, 3.63) is 71.5 Å². The summed E-state index contributed by atoms with van der Waals surface area (Å²) in [7, 11) is 0. The van der Waals surface area contributed by atoms with Crippen molar-refractivity contribution in [2.24, 2.45) is 0 Å². The van der Waals surface area contributed by atoms with Gasteiger partial charge in [-0.1, -0.05) is 18.2 Å². The van der Waals surface area contributed by atoms with Crippen LogP contribution in [0.1, 0.15) is 16.7 Å². The highest BCUT2D eigenvalue weighted by Gasteiger charge is 2.20. The van der Waals surface area contributed by atoms with Crippen LogP contribution in [0.5, 0.6) is 0 Å². The Morgan fingerprint density at radius 2 is 1.69 bits per heavy atom. The summed E-state index contributed by atoms with van der Waals surface area (Å²) >= 11 is 0. The van der Waals surface area contributed by atoms with Gasteiger partial charge in [-0.3, -0.25) is 0 Å². The van der Waals surface area contributed by atoms with Crippen LogP contribution in [0.3, 0.4) is 0 Å². The van der Waals surface area contributed by atoms with E-state index in [1.807, 2.05) is 24.3 Å². The molecule has 0 spiro atoms. The second-order valence-electron chi connectivity index (χ2n) is 7.27. The highest BCUT2D eigenvalue weighted by molar-refractivity contribution is 5.62. The first-order valence-corrected chi connectivity index (χ1v) is 9.79. The van der Waals surface area contributed by atoms with Gasteiger partial charge in [0.2, 0.25) is 0 Å². The number of hydrogen-bond donors (Lipinski definition) is 1. The summed E-state index contributed by atoms with van der Waals surface area (Å²) in [6.07, 6.45) is 1.59. The predicted octanol–water partition coefficient (Wildman–Crippen LogP) is 4.04. The van der Waals surface area contributed by atoms with Gasteiger partial charge >= 0.3 is 0 Å². The molecule has 4 rings (SSSR count). The van der Waals surface area contributed by atoms with Gasteiger partial charge < -0.3 is 15.1 Å². The summed E-state index contributed by atoms with van der Waals surface area (Å²) in [4.78, 5) is 13.5. The van der Waals surface area contributed by atoms with Crippen LogP contribution in [0, 0.1) is 25.2 Å². The standard InChI is InChI=1S/C23H24N6/c1-17-5-3-8-21(18(17)2)28-9-11-29(12-10-28)23-14-22(25-16-26-23)27-20-7-4-6-19(13-20)15-24/h3-8,13-14,16H,9-12H2,1-2H3,(H,25,26,27). The minimum atomic E-state index is 0.617. The predicted molar refractivity (Wildman–Crippen MR) is 117 cm³/mol. The minimum absolute atomic E-state index is 0.617. The Morgan fingerprint density at radius 1 is 0.931 bits per heavy atom. The molecule has 0 saturated carbocycles. The second-order valence-corrected chi connectivity index (χ2v) is 7.27. The molecule has 0 unspecified atom stereocenters. The molecule has 1 aromatic heterocycles. The summed E-state index contributed by atoms with van der Waals surface area (Å²) in [6, 6.07) is 18.0. The fourth-order valence-corrected chi connectivity index (χ4v) is 3.66. The van der Waals surface area contributed by atoms with Crippen LogP contribution in [0.15, 0.2) is 54.9 Å². The van der Waals surface area contributed by atoms with E-state index in [4.69, 9.17) is 5.26 Å². The lowest BCUT2D eigenvalue weighted by atomic mass is 10.1. The zero-order valence-corrected chi connectivity index (χ0v) is 16.8. The van der Waals surface area contributed by atoms with Crippen LogP contribution >= 0.6 is 0 Å². The van der Waals surface area contributed by atoms with Crippen molar-refractivity contribution in [2.75, 3.05) is 41.3 Å². The van der Waals surface area contributed by atoms with E-state index in [-0.39, 0.29) is 0 Å². The molecule has 1 saturated heterocycles. The van der Waals surface area contributed by atoms with E-state index in [9.17, 15) is 0 Å². The van der Waals surface area contributed by atoms with E-state index in [0.717, 1.165) is 43.5 Å². The number of hydrogen-bond acceptors (Lipinski definition) is 6. The fourth-order valence-electron chi connectivity index (χ4n) is 3.66. The highest BCUT2D eigenvalue weighted by atomic mass is 15.3. The van der Waals surface area contributed by atoms with Gasteiger partial charge in [-0.05, 0) is 49.2 Å². The summed E-state index contributed by atoms with van der Waals surface area (Å²) in [5.41, 5.74) is 5.47. The summed E-state index contributed by atoms with van der Waals surface area (Å²) in [6.45, 7) is 8.10. The molecular weight excluding hydrogens is 360 g/mol. The third kappa shape index (κ3) is 4.14. The minimum Gasteiger partial charge on any atom is -0.368 e. The molecule has 2 heterocycles. The Morgan fingerprint density at radius 3 is 2.48 bits per heavy atom. The monoisotopic (exact) mass is 384 g/mol. The Labute approximate surface area is 171 Å². The molecule has 0 atom stereocenters. The normalized spacial score (nSPS) is 13.8. The quantitative estimate of drug-likeness (QED) is 0.732. The van der Waals surface area contributed by atoms with E-state index < -0.39 is 0 Å². The molecule has 0 bridgehead atoms. The van der Waals surface area contributed by atoms with Crippen molar-refractivity contribution in [1.29, 1.82) is 5.26 Å². The third-order valence-electron chi connectivity index (χ3n) is 5.44. The molecule has 3 aromatic rings. The topological polar surface area (TPSA) is 68.1 Å². The fraction of sp³-hybridized carbons (Fsp3) is 0.261. The first-order chi connectivity index (χ1) is 14.1. The molecule has 1 N–H and O–H groups in total. The van der Waals surface area contributed by atoms with Gasteiger partial charge in [0, 0.05) is 43.6 Å². The van der Waals surface area contributed by atoms with Gasteiger partial charge in [0.05, 0.1) is 11.6 Å². The van der Waals surface area contributed by atoms with Gasteiger partial charge in [0.1, 0.15) is 18.0 Å². The van der Waals surface area contributed by atoms with Crippen molar-refractivity contribution < 1.29 is 0 Å². The summed E-state index contributed by atoms with van der Waals surface area (Å²) in [5.74, 6) is 1.64. The molecule has 29 heavy (non-hydrogen) atoms. The van der Waals surface area contributed by atoms with E-state index >= 15 is 0 Å². The molecule has 6 heteroatoms. The van der Waals surface area contributed by atoms with Gasteiger partial charge in [-0.15, -0.1) is 0 Å². The molecule has 0 amide bonds. The Hall–Kier alpha value is -3.59. The maximum atomic E-state index is 9.06. The first-order valence-electron chi connectivity index (χ1n) is 9.79. The molecule has 1 aliphatic heterocycles. The number of nitrogens with zero attached hydrogens (tertiary/aromatic N) is 5. The van der Waals surface area contributed by atoms with E-state index in [1.54, 1.807) is 12.4 Å². The van der Waals surface area contributed by atoms with E-state index in [1.165, 1.54) is 16.8 Å². The average molecular weight is 384 g/mol. The Kier molecular flexibility index (Phi) is 5.30. The largest absolute Gasteiger partial charge is 0.368 e. The van der Waals surface area contributed by atoms with Gasteiger partial charge in [-0.25, -0.2) is 9.97 Å². The van der Waals surface area contributed by atoms with Crippen LogP contribution in [-0.2, 0) is 0 Å². The number of aryl methyl sites for hydroxylation is 1. The Bertz CT molecular complexity index is 1050. The lowest BCUT2D eigenvalue weighted by Crippen LogP contribution is -2.47. The zero-order chi connectivity index (χ0) is 20.2. The van der Waals surface area contributed by atoms with Crippen molar-refractivity contribution in [3.63, 3.8) is 0 Å². The van der Waals surface area contributed by atoms with E-state index in [0.29, 0.717) is 5.56 Å². The number of aromatic nitrogens is 2. The second kappa shape index (κ2) is 8.19. The SMILES string of the molecule is Cc1cccc(N2CCN(c3cc(Nc4cccc(C#N)c4)ncn3)CC2)c1C. The van der Waals surface area contributed by atoms with Crippen molar-refractivity contribution in [3.8, 4) is 6.07 Å². The Balaban J connectivity index is 1.44. The number of rotatable bonds is 4. The van der Waals surface area contributed by atoms with Gasteiger partial charge in [0.25, 0.3) is 0 Å². The number of anilines is 4. The molecule has 1 fully saturated rings. The molecule has 0 aliphatic carbocycles. The van der Waals surface area contributed by atoms with Crippen molar-refractivity contribution in [1.82, 2.24) is 9.97 Å². The molecular formula is C23H24N6. The lowest BCUT2D eigenvalue weighted by Gasteiger charge is -2.37. The van der Waals surface area contributed by atoms with Crippen LogP contribution in [0.4, 0.5) is 23.0 Å².